The highest BCUT2D eigenvalue weighted by Gasteiger charge is 2.26. The van der Waals surface area contributed by atoms with Crippen LogP contribution >= 0.6 is 11.8 Å². The average Bonchev–Trinajstić information content (AvgIpc) is 3.22. The Morgan fingerprint density at radius 1 is 1.06 bits per heavy atom. The van der Waals surface area contributed by atoms with Crippen LogP contribution in [0.15, 0.2) is 66.0 Å². The summed E-state index contributed by atoms with van der Waals surface area (Å²) in [5, 5.41) is 14.3. The largest absolute Gasteiger partial charge is 0.390 e. The van der Waals surface area contributed by atoms with E-state index in [1.54, 1.807) is 22.7 Å². The SMILES string of the molecule is Cn1ccc2c(Cc3cc4c(=O)n([C@H]5CCSC[C@@H]5O)cnc4c4ccccc34)ccnc21. The highest BCUT2D eigenvalue weighted by atomic mass is 32.2. The number of fused-ring (bicyclic) bond motifs is 4. The molecular weight excluding hydrogens is 432 g/mol. The first-order valence-corrected chi connectivity index (χ1v) is 12.3. The zero-order chi connectivity index (χ0) is 22.5. The van der Waals surface area contributed by atoms with Crippen molar-refractivity contribution in [1.82, 2.24) is 19.1 Å². The zero-order valence-electron chi connectivity index (χ0n) is 18.3. The molecule has 166 valence electrons. The number of thioether (sulfide) groups is 1. The van der Waals surface area contributed by atoms with E-state index >= 15 is 0 Å². The molecule has 4 heterocycles. The van der Waals surface area contributed by atoms with E-state index in [9.17, 15) is 9.90 Å². The van der Waals surface area contributed by atoms with Crippen molar-refractivity contribution in [2.45, 2.75) is 25.0 Å². The van der Waals surface area contributed by atoms with Crippen molar-refractivity contribution in [3.63, 3.8) is 0 Å². The van der Waals surface area contributed by atoms with Gasteiger partial charge in [-0.15, -0.1) is 0 Å². The van der Waals surface area contributed by atoms with Crippen LogP contribution in [0, 0.1) is 0 Å². The number of hydrogen-bond donors (Lipinski definition) is 1. The summed E-state index contributed by atoms with van der Waals surface area (Å²) < 4.78 is 3.67. The first kappa shape index (κ1) is 20.4. The number of aryl methyl sites for hydroxylation is 1. The molecule has 0 spiro atoms. The van der Waals surface area contributed by atoms with E-state index in [1.165, 1.54) is 5.56 Å². The molecule has 0 bridgehead atoms. The van der Waals surface area contributed by atoms with Gasteiger partial charge < -0.3 is 9.67 Å². The molecule has 0 amide bonds. The lowest BCUT2D eigenvalue weighted by molar-refractivity contribution is 0.126. The number of aromatic nitrogens is 4. The predicted molar refractivity (Wildman–Crippen MR) is 134 cm³/mol. The van der Waals surface area contributed by atoms with Crippen LogP contribution < -0.4 is 5.56 Å². The van der Waals surface area contributed by atoms with E-state index < -0.39 is 6.10 Å². The monoisotopic (exact) mass is 456 g/mol. The molecule has 1 fully saturated rings. The number of benzene rings is 2. The van der Waals surface area contributed by atoms with Gasteiger partial charge in [0.05, 0.1) is 29.4 Å². The average molecular weight is 457 g/mol. The number of aliphatic hydroxyl groups is 1. The van der Waals surface area contributed by atoms with Gasteiger partial charge in [-0.05, 0) is 53.3 Å². The van der Waals surface area contributed by atoms with Gasteiger partial charge in [0, 0.05) is 36.0 Å². The summed E-state index contributed by atoms with van der Waals surface area (Å²) in [6, 6.07) is 14.1. The first-order valence-electron chi connectivity index (χ1n) is 11.2. The number of hydrogen-bond acceptors (Lipinski definition) is 5. The maximum Gasteiger partial charge on any atom is 0.261 e. The quantitative estimate of drug-likeness (QED) is 0.415. The van der Waals surface area contributed by atoms with Crippen LogP contribution in [-0.2, 0) is 13.5 Å². The van der Waals surface area contributed by atoms with E-state index in [-0.39, 0.29) is 11.6 Å². The van der Waals surface area contributed by atoms with Gasteiger partial charge in [-0.1, -0.05) is 24.3 Å². The Labute approximate surface area is 194 Å². The summed E-state index contributed by atoms with van der Waals surface area (Å²) in [5.74, 6) is 1.58. The van der Waals surface area contributed by atoms with Gasteiger partial charge in [0.2, 0.25) is 0 Å². The first-order chi connectivity index (χ1) is 16.1. The third-order valence-electron chi connectivity index (χ3n) is 6.77. The Hall–Kier alpha value is -3.16. The van der Waals surface area contributed by atoms with Gasteiger partial charge >= 0.3 is 0 Å². The molecule has 2 atom stereocenters. The van der Waals surface area contributed by atoms with Crippen molar-refractivity contribution in [2.24, 2.45) is 7.05 Å². The molecule has 0 radical (unpaired) electrons. The summed E-state index contributed by atoms with van der Waals surface area (Å²) in [6.45, 7) is 0. The van der Waals surface area contributed by atoms with Gasteiger partial charge in [-0.25, -0.2) is 9.97 Å². The number of pyridine rings is 1. The Balaban J connectivity index is 1.56. The maximum absolute atomic E-state index is 13.6. The lowest BCUT2D eigenvalue weighted by Crippen LogP contribution is -2.36. The van der Waals surface area contributed by atoms with Crippen LogP contribution in [0.5, 0.6) is 0 Å². The van der Waals surface area contributed by atoms with Crippen LogP contribution in [0.1, 0.15) is 23.6 Å². The fraction of sp³-hybridized carbons (Fsp3) is 0.269. The van der Waals surface area contributed by atoms with Crippen molar-refractivity contribution in [3.8, 4) is 0 Å². The molecule has 1 N–H and O–H groups in total. The number of rotatable bonds is 3. The molecule has 5 aromatic rings. The maximum atomic E-state index is 13.6. The van der Waals surface area contributed by atoms with E-state index in [4.69, 9.17) is 4.98 Å². The normalized spacial score (nSPS) is 19.0. The van der Waals surface area contributed by atoms with Crippen LogP contribution in [0.4, 0.5) is 0 Å². The Morgan fingerprint density at radius 3 is 2.76 bits per heavy atom. The predicted octanol–water partition coefficient (Wildman–Crippen LogP) is 4.07. The molecule has 2 aromatic carbocycles. The summed E-state index contributed by atoms with van der Waals surface area (Å²) >= 11 is 1.73. The van der Waals surface area contributed by atoms with Crippen molar-refractivity contribution in [3.05, 3.63) is 82.7 Å². The Bertz CT molecular complexity index is 1570. The van der Waals surface area contributed by atoms with Gasteiger partial charge in [-0.3, -0.25) is 9.36 Å². The summed E-state index contributed by atoms with van der Waals surface area (Å²) in [7, 11) is 2.00. The second-order valence-electron chi connectivity index (χ2n) is 8.74. The standard InChI is InChI=1S/C26H24N4O2S/c1-29-10-7-19-16(6-9-27-25(19)29)12-17-13-21-24(20-5-3-2-4-18(17)20)28-15-30(26(21)32)22-8-11-33-14-23(22)31/h2-7,9-10,13,15,22-23,31H,8,11-12,14H2,1H3/t22-,23-/m0/s1. The highest BCUT2D eigenvalue weighted by molar-refractivity contribution is 7.99. The van der Waals surface area contributed by atoms with Crippen molar-refractivity contribution in [2.75, 3.05) is 11.5 Å². The minimum Gasteiger partial charge on any atom is -0.390 e. The molecule has 3 aromatic heterocycles. The van der Waals surface area contributed by atoms with E-state index in [2.05, 4.69) is 23.2 Å². The van der Waals surface area contributed by atoms with Crippen LogP contribution in [0.2, 0.25) is 0 Å². The molecule has 6 nitrogen and oxygen atoms in total. The fourth-order valence-electron chi connectivity index (χ4n) is 5.05. The van der Waals surface area contributed by atoms with E-state index in [1.807, 2.05) is 48.3 Å². The third kappa shape index (κ3) is 3.34. The van der Waals surface area contributed by atoms with E-state index in [0.29, 0.717) is 17.6 Å². The van der Waals surface area contributed by atoms with Crippen LogP contribution in [0.3, 0.4) is 0 Å². The second-order valence-corrected chi connectivity index (χ2v) is 9.89. The molecule has 33 heavy (non-hydrogen) atoms. The molecule has 0 aliphatic carbocycles. The molecule has 0 saturated carbocycles. The fourth-order valence-corrected chi connectivity index (χ4v) is 6.09. The molecule has 1 aliphatic heterocycles. The topological polar surface area (TPSA) is 72.9 Å². The van der Waals surface area contributed by atoms with Crippen molar-refractivity contribution in [1.29, 1.82) is 0 Å². The minimum atomic E-state index is -0.538. The number of aliphatic hydroxyl groups excluding tert-OH is 1. The molecule has 1 saturated heterocycles. The zero-order valence-corrected chi connectivity index (χ0v) is 19.1. The Morgan fingerprint density at radius 2 is 1.91 bits per heavy atom. The van der Waals surface area contributed by atoms with Gasteiger partial charge in [0.1, 0.15) is 5.65 Å². The smallest absolute Gasteiger partial charge is 0.261 e. The van der Waals surface area contributed by atoms with Crippen LogP contribution in [0.25, 0.3) is 32.7 Å². The molecule has 0 unspecified atom stereocenters. The highest BCUT2D eigenvalue weighted by Crippen LogP contribution is 2.31. The molecule has 6 rings (SSSR count). The minimum absolute atomic E-state index is 0.0810. The lowest BCUT2D eigenvalue weighted by Gasteiger charge is -2.28. The summed E-state index contributed by atoms with van der Waals surface area (Å²) in [6.07, 6.45) is 6.41. The third-order valence-corrected chi connectivity index (χ3v) is 7.87. The van der Waals surface area contributed by atoms with Crippen LogP contribution in [-0.4, -0.2) is 41.8 Å². The second kappa shape index (κ2) is 8.01. The van der Waals surface area contributed by atoms with Gasteiger partial charge in [0.25, 0.3) is 5.56 Å². The van der Waals surface area contributed by atoms with Gasteiger partial charge in [-0.2, -0.15) is 11.8 Å². The lowest BCUT2D eigenvalue weighted by atomic mass is 9.95. The summed E-state index contributed by atoms with van der Waals surface area (Å²) in [4.78, 5) is 22.9. The van der Waals surface area contributed by atoms with Gasteiger partial charge in [0.15, 0.2) is 0 Å². The molecular formula is C26H24N4O2S. The van der Waals surface area contributed by atoms with E-state index in [0.717, 1.165) is 45.1 Å². The van der Waals surface area contributed by atoms with Crippen molar-refractivity contribution >= 4 is 44.5 Å². The number of nitrogens with zero attached hydrogens (tertiary/aromatic N) is 4. The molecule has 1 aliphatic rings. The molecule has 7 heteroatoms. The Kier molecular flexibility index (Phi) is 4.96. The van der Waals surface area contributed by atoms with Crippen molar-refractivity contribution < 1.29 is 5.11 Å². The summed E-state index contributed by atoms with van der Waals surface area (Å²) in [5.41, 5.74) is 3.85.